The fraction of sp³-hybridized carbons (Fsp3) is 0.238. The maximum Gasteiger partial charge on any atom is 0.161 e. The Morgan fingerprint density at radius 3 is 2.79 bits per heavy atom. The summed E-state index contributed by atoms with van der Waals surface area (Å²) in [5.74, 6) is 0. The lowest BCUT2D eigenvalue weighted by Gasteiger charge is -2.29. The van der Waals surface area contributed by atoms with Gasteiger partial charge < -0.3 is 10.2 Å². The lowest BCUT2D eigenvalue weighted by atomic mass is 10.0. The third-order valence-electron chi connectivity index (χ3n) is 5.22. The lowest BCUT2D eigenvalue weighted by molar-refractivity contribution is 0.589. The molecule has 0 radical (unpaired) electrons. The highest BCUT2D eigenvalue weighted by molar-refractivity contribution is 6.35. The van der Waals surface area contributed by atoms with E-state index in [0.717, 1.165) is 48.2 Å². The topological polar surface area (TPSA) is 82.7 Å². The number of aromatic nitrogens is 4. The molecule has 29 heavy (non-hydrogen) atoms. The number of pyridine rings is 2. The highest BCUT2D eigenvalue weighted by Gasteiger charge is 2.15. The van der Waals surface area contributed by atoms with Crippen LogP contribution in [0.3, 0.4) is 0 Å². The molecule has 1 aliphatic heterocycles. The van der Waals surface area contributed by atoms with E-state index in [1.165, 1.54) is 0 Å². The second-order valence-corrected chi connectivity index (χ2v) is 7.57. The maximum absolute atomic E-state index is 9.53. The molecule has 1 aromatic carbocycles. The van der Waals surface area contributed by atoms with Gasteiger partial charge in [-0.15, -0.1) is 0 Å². The van der Waals surface area contributed by atoms with Gasteiger partial charge in [-0.3, -0.25) is 4.68 Å². The average molecular weight is 404 g/mol. The van der Waals surface area contributed by atoms with E-state index in [-0.39, 0.29) is 0 Å². The molecule has 0 amide bonds. The molecule has 144 valence electrons. The van der Waals surface area contributed by atoms with Crippen molar-refractivity contribution >= 4 is 39.2 Å². The van der Waals surface area contributed by atoms with E-state index in [9.17, 15) is 5.26 Å². The molecule has 8 heteroatoms. The number of halogens is 1. The molecule has 4 heterocycles. The number of rotatable bonds is 2. The molecule has 5 rings (SSSR count). The summed E-state index contributed by atoms with van der Waals surface area (Å²) in [4.78, 5) is 11.6. The second kappa shape index (κ2) is 6.99. The van der Waals surface area contributed by atoms with Crippen LogP contribution in [-0.4, -0.2) is 45.9 Å². The van der Waals surface area contributed by atoms with Crippen molar-refractivity contribution in [3.8, 4) is 17.3 Å². The first-order chi connectivity index (χ1) is 14.1. The van der Waals surface area contributed by atoms with Crippen molar-refractivity contribution in [2.24, 2.45) is 7.05 Å². The van der Waals surface area contributed by atoms with Crippen molar-refractivity contribution < 1.29 is 0 Å². The van der Waals surface area contributed by atoms with E-state index >= 15 is 0 Å². The van der Waals surface area contributed by atoms with E-state index < -0.39 is 0 Å². The molecule has 0 spiro atoms. The van der Waals surface area contributed by atoms with Crippen molar-refractivity contribution in [1.82, 2.24) is 25.1 Å². The van der Waals surface area contributed by atoms with Crippen LogP contribution in [0.15, 0.2) is 36.7 Å². The molecule has 0 unspecified atom stereocenters. The summed E-state index contributed by atoms with van der Waals surface area (Å²) in [5, 5.41) is 19.6. The summed E-state index contributed by atoms with van der Waals surface area (Å²) in [6.45, 7) is 3.80. The van der Waals surface area contributed by atoms with Gasteiger partial charge in [-0.05, 0) is 24.3 Å². The predicted molar refractivity (Wildman–Crippen MR) is 114 cm³/mol. The van der Waals surface area contributed by atoms with E-state index in [4.69, 9.17) is 16.6 Å². The first kappa shape index (κ1) is 17.9. The summed E-state index contributed by atoms with van der Waals surface area (Å²) >= 11 is 6.63. The predicted octanol–water partition coefficient (Wildman–Crippen LogP) is 3.12. The fourth-order valence-electron chi connectivity index (χ4n) is 3.79. The Bertz CT molecular complexity index is 1280. The van der Waals surface area contributed by atoms with Gasteiger partial charge in [-0.25, -0.2) is 9.97 Å². The molecule has 1 aliphatic rings. The molecule has 3 aromatic heterocycles. The molecule has 7 nitrogen and oxygen atoms in total. The molecule has 0 bridgehead atoms. The molecule has 0 aliphatic carbocycles. The first-order valence-electron chi connectivity index (χ1n) is 9.42. The van der Waals surface area contributed by atoms with Crippen molar-refractivity contribution in [1.29, 1.82) is 5.26 Å². The lowest BCUT2D eigenvalue weighted by Crippen LogP contribution is -2.43. The number of hydrogen-bond donors (Lipinski definition) is 1. The molecule has 1 fully saturated rings. The van der Waals surface area contributed by atoms with Crippen LogP contribution in [0.1, 0.15) is 5.56 Å². The number of aryl methyl sites for hydroxylation is 1. The van der Waals surface area contributed by atoms with Crippen LogP contribution in [0.2, 0.25) is 5.02 Å². The smallest absolute Gasteiger partial charge is 0.161 e. The van der Waals surface area contributed by atoms with Crippen LogP contribution in [0.5, 0.6) is 0 Å². The molecule has 0 atom stereocenters. The largest absolute Gasteiger partial charge is 0.368 e. The van der Waals surface area contributed by atoms with Gasteiger partial charge in [0.05, 0.1) is 28.2 Å². The Kier molecular flexibility index (Phi) is 4.31. The zero-order valence-electron chi connectivity index (χ0n) is 15.9. The van der Waals surface area contributed by atoms with Crippen LogP contribution in [0, 0.1) is 11.3 Å². The summed E-state index contributed by atoms with van der Waals surface area (Å²) in [5.41, 5.74) is 4.35. The average Bonchev–Trinajstić information content (AvgIpc) is 3.13. The van der Waals surface area contributed by atoms with Gasteiger partial charge >= 0.3 is 0 Å². The quantitative estimate of drug-likeness (QED) is 0.553. The van der Waals surface area contributed by atoms with E-state index in [1.807, 2.05) is 31.6 Å². The highest BCUT2D eigenvalue weighted by Crippen LogP contribution is 2.32. The number of nitriles is 1. The summed E-state index contributed by atoms with van der Waals surface area (Å²) < 4.78 is 1.70. The van der Waals surface area contributed by atoms with Crippen molar-refractivity contribution in [2.45, 2.75) is 0 Å². The minimum Gasteiger partial charge on any atom is -0.368 e. The zero-order valence-corrected chi connectivity index (χ0v) is 16.6. The Morgan fingerprint density at radius 1 is 1.17 bits per heavy atom. The van der Waals surface area contributed by atoms with Gasteiger partial charge in [-0.1, -0.05) is 11.6 Å². The number of hydrogen-bond acceptors (Lipinski definition) is 6. The van der Waals surface area contributed by atoms with Crippen LogP contribution < -0.4 is 10.2 Å². The molecular formula is C21H18ClN7. The number of nitrogens with one attached hydrogen (secondary N) is 1. The molecule has 0 saturated carbocycles. The minimum absolute atomic E-state index is 0.512. The van der Waals surface area contributed by atoms with Crippen LogP contribution in [0.4, 0.5) is 5.69 Å². The van der Waals surface area contributed by atoms with Crippen molar-refractivity contribution in [3.63, 3.8) is 0 Å². The zero-order chi connectivity index (χ0) is 20.0. The Hall–Kier alpha value is -3.21. The SMILES string of the molecule is Cn1cc2cc(-c3cc(Cl)c4cc(N5CCNCC5)cnc4n3)cc(C#N)c2n1. The number of piperazine rings is 1. The standard InChI is InChI=1S/C21H18ClN7/c1-28-12-15-7-13(6-14(10-23)20(15)27-28)19-9-18(22)17-8-16(11-25-21(17)26-19)29-4-2-24-3-5-29/h6-9,11-12,24H,2-5H2,1H3. The number of anilines is 1. The van der Waals surface area contributed by atoms with Gasteiger partial charge in [0.15, 0.2) is 5.65 Å². The number of benzene rings is 1. The molecule has 1 saturated heterocycles. The Balaban J connectivity index is 1.61. The summed E-state index contributed by atoms with van der Waals surface area (Å²) in [7, 11) is 1.84. The first-order valence-corrected chi connectivity index (χ1v) is 9.80. The number of fused-ring (bicyclic) bond motifs is 2. The normalized spacial score (nSPS) is 14.4. The minimum atomic E-state index is 0.512. The van der Waals surface area contributed by atoms with Gasteiger partial charge in [0.25, 0.3) is 0 Å². The van der Waals surface area contributed by atoms with Crippen LogP contribution in [0.25, 0.3) is 33.2 Å². The Labute approximate surface area is 172 Å². The molecule has 1 N–H and O–H groups in total. The summed E-state index contributed by atoms with van der Waals surface area (Å²) in [6, 6.07) is 9.89. The van der Waals surface area contributed by atoms with E-state index in [1.54, 1.807) is 10.7 Å². The molecular weight excluding hydrogens is 386 g/mol. The van der Waals surface area contributed by atoms with Crippen LogP contribution >= 0.6 is 11.6 Å². The second-order valence-electron chi connectivity index (χ2n) is 7.17. The van der Waals surface area contributed by atoms with Gasteiger partial charge in [0.1, 0.15) is 11.6 Å². The van der Waals surface area contributed by atoms with Crippen LogP contribution in [-0.2, 0) is 7.05 Å². The molecule has 4 aromatic rings. The Morgan fingerprint density at radius 2 is 2.00 bits per heavy atom. The van der Waals surface area contributed by atoms with E-state index in [2.05, 4.69) is 32.4 Å². The van der Waals surface area contributed by atoms with Gasteiger partial charge in [0.2, 0.25) is 0 Å². The van der Waals surface area contributed by atoms with Crippen molar-refractivity contribution in [3.05, 3.63) is 47.2 Å². The highest BCUT2D eigenvalue weighted by atomic mass is 35.5. The maximum atomic E-state index is 9.53. The van der Waals surface area contributed by atoms with E-state index in [0.29, 0.717) is 27.4 Å². The number of nitrogens with zero attached hydrogens (tertiary/aromatic N) is 6. The van der Waals surface area contributed by atoms with Crippen molar-refractivity contribution in [2.75, 3.05) is 31.1 Å². The fourth-order valence-corrected chi connectivity index (χ4v) is 4.03. The van der Waals surface area contributed by atoms with Gasteiger partial charge in [0, 0.05) is 55.8 Å². The third kappa shape index (κ3) is 3.16. The monoisotopic (exact) mass is 403 g/mol. The summed E-state index contributed by atoms with van der Waals surface area (Å²) in [6.07, 6.45) is 3.74. The van der Waals surface area contributed by atoms with Gasteiger partial charge in [-0.2, -0.15) is 10.4 Å². The third-order valence-corrected chi connectivity index (χ3v) is 5.53.